The summed E-state index contributed by atoms with van der Waals surface area (Å²) in [6, 6.07) is 16.9. The normalized spacial score (nSPS) is 16.4. The maximum atomic E-state index is 13.0. The van der Waals surface area contributed by atoms with E-state index in [0.717, 1.165) is 5.56 Å². The number of carbonyl (C=O) groups is 3. The van der Waals surface area contributed by atoms with Gasteiger partial charge >= 0.3 is 0 Å². The van der Waals surface area contributed by atoms with Crippen molar-refractivity contribution in [2.45, 2.75) is 26.8 Å². The number of hydrogen-bond acceptors (Lipinski definition) is 3. The van der Waals surface area contributed by atoms with Gasteiger partial charge in [0, 0.05) is 37.3 Å². The van der Waals surface area contributed by atoms with Crippen molar-refractivity contribution in [1.82, 2.24) is 4.90 Å². The van der Waals surface area contributed by atoms with Crippen LogP contribution in [0.15, 0.2) is 54.6 Å². The van der Waals surface area contributed by atoms with Crippen molar-refractivity contribution >= 4 is 23.3 Å². The second-order valence-corrected chi connectivity index (χ2v) is 6.85. The van der Waals surface area contributed by atoms with Crippen molar-refractivity contribution in [3.63, 3.8) is 0 Å². The Morgan fingerprint density at radius 3 is 2.52 bits per heavy atom. The summed E-state index contributed by atoms with van der Waals surface area (Å²) in [6.07, 6.45) is 0.203. The monoisotopic (exact) mass is 364 g/mol. The minimum atomic E-state index is -0.359. The van der Waals surface area contributed by atoms with Crippen molar-refractivity contribution in [3.8, 4) is 0 Å². The van der Waals surface area contributed by atoms with Crippen molar-refractivity contribution < 1.29 is 14.4 Å². The topological polar surface area (TPSA) is 57.7 Å². The number of rotatable bonds is 6. The molecular weight excluding hydrogens is 340 g/mol. The Hall–Kier alpha value is -2.95. The maximum absolute atomic E-state index is 13.0. The molecule has 0 saturated carbocycles. The molecule has 5 heteroatoms. The van der Waals surface area contributed by atoms with Gasteiger partial charge in [0.15, 0.2) is 5.78 Å². The molecule has 0 radical (unpaired) electrons. The van der Waals surface area contributed by atoms with Gasteiger partial charge in [-0.15, -0.1) is 0 Å². The lowest BCUT2D eigenvalue weighted by atomic mass is 10.1. The average Bonchev–Trinajstić information content (AvgIpc) is 3.08. The van der Waals surface area contributed by atoms with Gasteiger partial charge in [-0.3, -0.25) is 14.4 Å². The quantitative estimate of drug-likeness (QED) is 0.739. The first-order valence-electron chi connectivity index (χ1n) is 9.23. The summed E-state index contributed by atoms with van der Waals surface area (Å²) < 4.78 is 0. The van der Waals surface area contributed by atoms with Crippen LogP contribution < -0.4 is 4.90 Å². The zero-order valence-corrected chi connectivity index (χ0v) is 15.7. The van der Waals surface area contributed by atoms with E-state index in [9.17, 15) is 14.4 Å². The Morgan fingerprint density at radius 1 is 1.11 bits per heavy atom. The molecule has 1 aliphatic rings. The summed E-state index contributed by atoms with van der Waals surface area (Å²) in [6.45, 7) is 4.94. The van der Waals surface area contributed by atoms with E-state index in [4.69, 9.17) is 0 Å². The fraction of sp³-hybridized carbons (Fsp3) is 0.318. The smallest absolute Gasteiger partial charge is 0.228 e. The molecule has 0 aliphatic carbocycles. The summed E-state index contributed by atoms with van der Waals surface area (Å²) in [5, 5.41) is 0. The number of benzene rings is 2. The van der Waals surface area contributed by atoms with Gasteiger partial charge in [0.05, 0.1) is 5.92 Å². The molecule has 0 aromatic heterocycles. The SMILES string of the molecule is CCN(Cc1ccccc1)C(=O)C1CC(=O)N(c2cccc(C(C)=O)c2)C1. The molecule has 0 bridgehead atoms. The van der Waals surface area contributed by atoms with Crippen molar-refractivity contribution in [1.29, 1.82) is 0 Å². The van der Waals surface area contributed by atoms with Crippen LogP contribution in [0.4, 0.5) is 5.69 Å². The van der Waals surface area contributed by atoms with Crippen molar-refractivity contribution in [2.24, 2.45) is 5.92 Å². The standard InChI is InChI=1S/C22H24N2O3/c1-3-23(14-17-8-5-4-6-9-17)22(27)19-13-21(26)24(15-19)20-11-7-10-18(12-20)16(2)25/h4-12,19H,3,13-15H2,1-2H3. The van der Waals surface area contributed by atoms with Crippen LogP contribution in [0.25, 0.3) is 0 Å². The molecule has 0 spiro atoms. The Kier molecular flexibility index (Phi) is 5.69. The van der Waals surface area contributed by atoms with Gasteiger partial charge in [-0.1, -0.05) is 42.5 Å². The highest BCUT2D eigenvalue weighted by Crippen LogP contribution is 2.27. The highest BCUT2D eigenvalue weighted by Gasteiger charge is 2.37. The van der Waals surface area contributed by atoms with E-state index < -0.39 is 0 Å². The lowest BCUT2D eigenvalue weighted by molar-refractivity contribution is -0.136. The van der Waals surface area contributed by atoms with E-state index in [1.54, 1.807) is 34.1 Å². The van der Waals surface area contributed by atoms with Crippen LogP contribution >= 0.6 is 0 Å². The fourth-order valence-electron chi connectivity index (χ4n) is 3.42. The molecule has 2 aromatic rings. The van der Waals surface area contributed by atoms with Gasteiger partial charge in [0.1, 0.15) is 0 Å². The number of nitrogens with zero attached hydrogens (tertiary/aromatic N) is 2. The summed E-state index contributed by atoms with van der Waals surface area (Å²) in [7, 11) is 0. The first-order valence-corrected chi connectivity index (χ1v) is 9.23. The van der Waals surface area contributed by atoms with E-state index in [1.807, 2.05) is 37.3 Å². The molecule has 3 rings (SSSR count). The Labute approximate surface area is 159 Å². The zero-order valence-electron chi connectivity index (χ0n) is 15.7. The van der Waals surface area contributed by atoms with Crippen LogP contribution in [0.1, 0.15) is 36.2 Å². The first-order chi connectivity index (χ1) is 13.0. The third-order valence-corrected chi connectivity index (χ3v) is 4.95. The predicted molar refractivity (Wildman–Crippen MR) is 104 cm³/mol. The van der Waals surface area contributed by atoms with E-state index in [1.165, 1.54) is 6.92 Å². The fourth-order valence-corrected chi connectivity index (χ4v) is 3.42. The third-order valence-electron chi connectivity index (χ3n) is 4.95. The number of amides is 2. The van der Waals surface area contributed by atoms with Gasteiger partial charge in [-0.2, -0.15) is 0 Å². The molecule has 2 aromatic carbocycles. The molecular formula is C22H24N2O3. The molecule has 0 N–H and O–H groups in total. The summed E-state index contributed by atoms with van der Waals surface area (Å²) >= 11 is 0. The Balaban J connectivity index is 1.73. The number of Topliss-reactive ketones (excluding diaryl/α,β-unsaturated/α-hetero) is 1. The van der Waals surface area contributed by atoms with Gasteiger partial charge in [-0.05, 0) is 31.5 Å². The van der Waals surface area contributed by atoms with Gasteiger partial charge in [0.25, 0.3) is 0 Å². The molecule has 1 aliphatic heterocycles. The molecule has 1 unspecified atom stereocenters. The Morgan fingerprint density at radius 2 is 1.85 bits per heavy atom. The van der Waals surface area contributed by atoms with E-state index in [2.05, 4.69) is 0 Å². The lowest BCUT2D eigenvalue weighted by Crippen LogP contribution is -2.37. The van der Waals surface area contributed by atoms with Crippen molar-refractivity contribution in [2.75, 3.05) is 18.0 Å². The van der Waals surface area contributed by atoms with Gasteiger partial charge < -0.3 is 9.80 Å². The molecule has 1 heterocycles. The predicted octanol–water partition coefficient (Wildman–Crippen LogP) is 3.29. The average molecular weight is 364 g/mol. The molecule has 140 valence electrons. The van der Waals surface area contributed by atoms with E-state index >= 15 is 0 Å². The van der Waals surface area contributed by atoms with Crippen LogP contribution in [0.5, 0.6) is 0 Å². The van der Waals surface area contributed by atoms with Gasteiger partial charge in [0.2, 0.25) is 11.8 Å². The highest BCUT2D eigenvalue weighted by atomic mass is 16.2. The Bertz CT molecular complexity index is 848. The largest absolute Gasteiger partial charge is 0.338 e. The molecule has 1 atom stereocenters. The number of hydrogen-bond donors (Lipinski definition) is 0. The molecule has 2 amide bonds. The molecule has 1 fully saturated rings. The molecule has 27 heavy (non-hydrogen) atoms. The zero-order chi connectivity index (χ0) is 19.4. The minimum absolute atomic E-state index is 0.0000689. The number of carbonyl (C=O) groups excluding carboxylic acids is 3. The maximum Gasteiger partial charge on any atom is 0.228 e. The summed E-state index contributed by atoms with van der Waals surface area (Å²) in [5.41, 5.74) is 2.31. The van der Waals surface area contributed by atoms with Crippen LogP contribution in [0.3, 0.4) is 0 Å². The number of anilines is 1. The van der Waals surface area contributed by atoms with Crippen LogP contribution in [-0.2, 0) is 16.1 Å². The third kappa shape index (κ3) is 4.25. The second kappa shape index (κ2) is 8.16. The number of ketones is 1. The second-order valence-electron chi connectivity index (χ2n) is 6.85. The minimum Gasteiger partial charge on any atom is -0.338 e. The lowest BCUT2D eigenvalue weighted by Gasteiger charge is -2.24. The van der Waals surface area contributed by atoms with E-state index in [0.29, 0.717) is 30.9 Å². The van der Waals surface area contributed by atoms with Crippen LogP contribution in [0.2, 0.25) is 0 Å². The highest BCUT2D eigenvalue weighted by molar-refractivity contribution is 6.02. The van der Waals surface area contributed by atoms with Gasteiger partial charge in [-0.25, -0.2) is 0 Å². The van der Waals surface area contributed by atoms with Crippen LogP contribution in [0, 0.1) is 5.92 Å². The summed E-state index contributed by atoms with van der Waals surface area (Å²) in [4.78, 5) is 40.5. The molecule has 5 nitrogen and oxygen atoms in total. The molecule has 1 saturated heterocycles. The first kappa shape index (κ1) is 18.8. The van der Waals surface area contributed by atoms with Crippen LogP contribution in [-0.4, -0.2) is 35.6 Å². The summed E-state index contributed by atoms with van der Waals surface area (Å²) in [5.74, 6) is -0.483. The van der Waals surface area contributed by atoms with Crippen molar-refractivity contribution in [3.05, 3.63) is 65.7 Å². The van der Waals surface area contributed by atoms with E-state index in [-0.39, 0.29) is 29.9 Å².